The van der Waals surface area contributed by atoms with Gasteiger partial charge in [0, 0.05) is 16.7 Å². The van der Waals surface area contributed by atoms with E-state index in [0.29, 0.717) is 46.5 Å². The molecule has 0 amide bonds. The molecule has 0 radical (unpaired) electrons. The van der Waals surface area contributed by atoms with Crippen molar-refractivity contribution >= 4 is 30.5 Å². The van der Waals surface area contributed by atoms with Crippen LogP contribution in [0.5, 0.6) is 5.75 Å². The molecule has 0 spiro atoms. The number of fused-ring (bicyclic) bond motifs is 3. The lowest BCUT2D eigenvalue weighted by Crippen LogP contribution is -2.00. The molecule has 0 saturated carbocycles. The molecule has 0 aliphatic heterocycles. The zero-order valence-corrected chi connectivity index (χ0v) is 21.6. The molecule has 10 nitrogen and oxygen atoms in total. The first kappa shape index (κ1) is 29.9. The van der Waals surface area contributed by atoms with Gasteiger partial charge in [0.1, 0.15) is 18.3 Å². The van der Waals surface area contributed by atoms with Gasteiger partial charge in [0.15, 0.2) is 5.78 Å². The first-order chi connectivity index (χ1) is 19.7. The quantitative estimate of drug-likeness (QED) is 0.123. The predicted octanol–water partition coefficient (Wildman–Crippen LogP) is 5.27. The molecular formula is C31H24O10. The number of aryl methyl sites for hydroxylation is 1. The van der Waals surface area contributed by atoms with Crippen LogP contribution >= 0.6 is 0 Å². The van der Waals surface area contributed by atoms with E-state index in [1.807, 2.05) is 25.1 Å². The maximum atomic E-state index is 12.2. The molecule has 3 aromatic carbocycles. The number of rotatable bonds is 6. The number of hydrogen-bond acceptors (Lipinski definition) is 8. The summed E-state index contributed by atoms with van der Waals surface area (Å²) in [5.74, 6) is -1.87. The summed E-state index contributed by atoms with van der Waals surface area (Å²) in [7, 11) is 0. The Bertz CT molecular complexity index is 1590. The van der Waals surface area contributed by atoms with Crippen LogP contribution in [-0.2, 0) is 14.5 Å². The maximum Gasteiger partial charge on any atom is 0.335 e. The van der Waals surface area contributed by atoms with Gasteiger partial charge in [0.2, 0.25) is 0 Å². The molecule has 3 N–H and O–H groups in total. The van der Waals surface area contributed by atoms with Crippen molar-refractivity contribution in [3.8, 4) is 16.9 Å². The highest BCUT2D eigenvalue weighted by Crippen LogP contribution is 2.37. The molecule has 2 aliphatic carbocycles. The molecule has 0 aromatic heterocycles. The molecule has 0 heterocycles. The number of allylic oxidation sites excluding steroid dienone is 5. The molecule has 3 aromatic rings. The van der Waals surface area contributed by atoms with Crippen LogP contribution in [0.3, 0.4) is 0 Å². The molecule has 208 valence electrons. The van der Waals surface area contributed by atoms with Gasteiger partial charge in [-0.2, -0.15) is 0 Å². The summed E-state index contributed by atoms with van der Waals surface area (Å²) in [6.45, 7) is 2.37. The molecule has 5 rings (SSSR count). The van der Waals surface area contributed by atoms with Gasteiger partial charge >= 0.3 is 11.9 Å². The molecule has 0 atom stereocenters. The fourth-order valence-electron chi connectivity index (χ4n) is 3.96. The number of carbonyl (C=O) groups excluding carboxylic acids is 3. The van der Waals surface area contributed by atoms with Crippen LogP contribution in [0.25, 0.3) is 11.1 Å². The zero-order chi connectivity index (χ0) is 29.9. The van der Waals surface area contributed by atoms with Crippen LogP contribution in [0, 0.1) is 6.92 Å². The van der Waals surface area contributed by atoms with Crippen molar-refractivity contribution in [1.82, 2.24) is 0 Å². The fourth-order valence-corrected chi connectivity index (χ4v) is 3.96. The first-order valence-electron chi connectivity index (χ1n) is 12.0. The largest absolute Gasteiger partial charge is 0.478 e. The topological polar surface area (TPSA) is 164 Å². The lowest BCUT2D eigenvalue weighted by atomic mass is 10.0. The molecule has 10 heteroatoms. The number of aromatic carboxylic acids is 2. The summed E-state index contributed by atoms with van der Waals surface area (Å²) in [6, 6.07) is 15.8. The summed E-state index contributed by atoms with van der Waals surface area (Å²) in [5.41, 5.74) is 4.35. The molecular weight excluding hydrogens is 532 g/mol. The van der Waals surface area contributed by atoms with Crippen molar-refractivity contribution in [1.29, 1.82) is 0 Å². The number of aldehydes is 1. The van der Waals surface area contributed by atoms with Crippen molar-refractivity contribution in [2.75, 3.05) is 0 Å². The van der Waals surface area contributed by atoms with Gasteiger partial charge in [-0.1, -0.05) is 30.4 Å². The molecule has 0 unspecified atom stereocenters. The van der Waals surface area contributed by atoms with Gasteiger partial charge in [-0.25, -0.2) is 14.8 Å². The van der Waals surface area contributed by atoms with Gasteiger partial charge in [-0.05, 0) is 84.1 Å². The van der Waals surface area contributed by atoms with Crippen LogP contribution in [0.15, 0.2) is 96.3 Å². The van der Waals surface area contributed by atoms with Crippen LogP contribution in [0.2, 0.25) is 0 Å². The fraction of sp³-hybridized carbons (Fsp3) is 0.0645. The smallest absolute Gasteiger partial charge is 0.335 e. The van der Waals surface area contributed by atoms with E-state index < -0.39 is 11.9 Å². The number of hydrogen-bond donors (Lipinski definition) is 3. The number of ketones is 1. The van der Waals surface area contributed by atoms with E-state index >= 15 is 0 Å². The second kappa shape index (κ2) is 14.0. The molecule has 2 aliphatic rings. The van der Waals surface area contributed by atoms with Crippen LogP contribution in [0.4, 0.5) is 0 Å². The van der Waals surface area contributed by atoms with Crippen molar-refractivity contribution in [2.24, 2.45) is 0 Å². The molecule has 41 heavy (non-hydrogen) atoms. The minimum Gasteiger partial charge on any atom is -0.478 e. The monoisotopic (exact) mass is 556 g/mol. The molecule has 0 bridgehead atoms. The van der Waals surface area contributed by atoms with E-state index in [1.54, 1.807) is 24.3 Å². The van der Waals surface area contributed by atoms with Gasteiger partial charge in [0.05, 0.1) is 11.1 Å². The summed E-state index contributed by atoms with van der Waals surface area (Å²) in [5, 5.41) is 26.0. The maximum absolute atomic E-state index is 12.2. The normalized spacial score (nSPS) is 13.3. The average Bonchev–Trinajstić information content (AvgIpc) is 3.25. The number of carbonyl (C=O) groups is 5. The summed E-state index contributed by atoms with van der Waals surface area (Å²) in [4.78, 5) is 58.1. The van der Waals surface area contributed by atoms with Crippen LogP contribution in [-0.4, -0.2) is 46.0 Å². The van der Waals surface area contributed by atoms with E-state index in [-0.39, 0.29) is 16.9 Å². The van der Waals surface area contributed by atoms with Gasteiger partial charge in [-0.15, -0.1) is 0 Å². The van der Waals surface area contributed by atoms with Crippen LogP contribution < -0.4 is 4.74 Å². The van der Waals surface area contributed by atoms with E-state index in [4.69, 9.17) is 15.5 Å². The van der Waals surface area contributed by atoms with Crippen molar-refractivity contribution in [2.45, 2.75) is 13.3 Å². The number of carboxylic acids is 2. The Morgan fingerprint density at radius 3 is 2.10 bits per heavy atom. The Labute approximate surface area is 234 Å². The lowest BCUT2D eigenvalue weighted by molar-refractivity contribution is -0.187. The Hall–Kier alpha value is -5.61. The number of carboxylic acid groups (broad SMARTS) is 2. The first-order valence-corrected chi connectivity index (χ1v) is 12.0. The SMILES string of the molecule is Cc1cccc(OC=O)c1.O=C(O)c1ccc2c(c1)C(=O)c1ccc(C(=O)O)cc1-2.O=CC1=C/C(=C/OO)CC=C1. The Kier molecular flexibility index (Phi) is 10.2. The Morgan fingerprint density at radius 2 is 1.51 bits per heavy atom. The number of benzene rings is 3. The standard InChI is InChI=1S/C15H8O5.C8H8O3.C8H8O2/c16-13-10-4-2-7(14(17)18)5-11(10)9-3-1-8(15(19)20)6-12(9)13;9-5-7-2-1-3-8(4-7)6-11-10;1-7-3-2-4-8(5-7)10-6-9/h1-6H,(H,17,18)(H,19,20);1-2,4-6,10H,3H2;2-6H,1H3/b;8-6+;. The predicted molar refractivity (Wildman–Crippen MR) is 147 cm³/mol. The zero-order valence-electron chi connectivity index (χ0n) is 21.6. The van der Waals surface area contributed by atoms with Crippen molar-refractivity contribution in [3.05, 3.63) is 124 Å². The highest BCUT2D eigenvalue weighted by Gasteiger charge is 2.28. The summed E-state index contributed by atoms with van der Waals surface area (Å²) in [6.07, 6.45) is 7.84. The van der Waals surface area contributed by atoms with E-state index in [0.717, 1.165) is 17.4 Å². The van der Waals surface area contributed by atoms with E-state index in [9.17, 15) is 24.0 Å². The van der Waals surface area contributed by atoms with E-state index in [1.165, 1.54) is 42.7 Å². The lowest BCUT2D eigenvalue weighted by Gasteiger charge is -2.02. The van der Waals surface area contributed by atoms with Crippen LogP contribution in [0.1, 0.15) is 48.6 Å². The number of ether oxygens (including phenoxy) is 1. The third-order valence-corrected chi connectivity index (χ3v) is 5.84. The Morgan fingerprint density at radius 1 is 0.854 bits per heavy atom. The molecule has 0 fully saturated rings. The van der Waals surface area contributed by atoms with Gasteiger partial charge in [0.25, 0.3) is 6.47 Å². The van der Waals surface area contributed by atoms with Crippen molar-refractivity contribution in [3.63, 3.8) is 0 Å². The second-order valence-electron chi connectivity index (χ2n) is 8.66. The van der Waals surface area contributed by atoms with Gasteiger partial charge in [-0.3, -0.25) is 14.4 Å². The minimum absolute atomic E-state index is 0.0309. The third-order valence-electron chi connectivity index (χ3n) is 5.84. The highest BCUT2D eigenvalue weighted by molar-refractivity contribution is 6.22. The highest BCUT2D eigenvalue weighted by atomic mass is 17.1. The van der Waals surface area contributed by atoms with Crippen molar-refractivity contribution < 1.29 is 49.1 Å². The summed E-state index contributed by atoms with van der Waals surface area (Å²) >= 11 is 0. The van der Waals surface area contributed by atoms with Gasteiger partial charge < -0.3 is 19.8 Å². The Balaban J connectivity index is 0.000000187. The third kappa shape index (κ3) is 7.71. The summed E-state index contributed by atoms with van der Waals surface area (Å²) < 4.78 is 4.61. The minimum atomic E-state index is -1.11. The average molecular weight is 557 g/mol. The van der Waals surface area contributed by atoms with E-state index in [2.05, 4.69) is 9.62 Å². The molecule has 0 saturated heterocycles. The second-order valence-corrected chi connectivity index (χ2v) is 8.66.